The molecule has 0 spiro atoms. The van der Waals surface area contributed by atoms with E-state index in [2.05, 4.69) is 20.8 Å². The fourth-order valence-corrected chi connectivity index (χ4v) is 1.55. The average Bonchev–Trinajstić information content (AvgIpc) is 2.04. The smallest absolute Gasteiger partial charge is 0.217 e. The summed E-state index contributed by atoms with van der Waals surface area (Å²) in [4.78, 5) is 10.6. The van der Waals surface area contributed by atoms with Crippen molar-refractivity contribution in [1.29, 1.82) is 0 Å². The number of nitrogens with two attached hydrogens (primary N) is 1. The molecule has 0 saturated carbocycles. The van der Waals surface area contributed by atoms with Gasteiger partial charge in [0.25, 0.3) is 0 Å². The maximum absolute atomic E-state index is 10.6. The molecule has 12 heavy (non-hydrogen) atoms. The van der Waals surface area contributed by atoms with Crippen molar-refractivity contribution in [3.05, 3.63) is 0 Å². The van der Waals surface area contributed by atoms with Crippen LogP contribution in [-0.2, 0) is 4.79 Å². The van der Waals surface area contributed by atoms with Gasteiger partial charge in [-0.25, -0.2) is 0 Å². The normalized spacial score (nSPS) is 15.6. The lowest BCUT2D eigenvalue weighted by Crippen LogP contribution is -2.16. The molecule has 2 nitrogen and oxygen atoms in total. The second kappa shape index (κ2) is 6.04. The molecule has 2 atom stereocenters. The summed E-state index contributed by atoms with van der Waals surface area (Å²) in [5.41, 5.74) is 5.10. The van der Waals surface area contributed by atoms with Crippen LogP contribution in [0.15, 0.2) is 0 Å². The van der Waals surface area contributed by atoms with Gasteiger partial charge in [-0.3, -0.25) is 4.79 Å². The van der Waals surface area contributed by atoms with E-state index in [0.29, 0.717) is 18.3 Å². The van der Waals surface area contributed by atoms with Gasteiger partial charge in [0.2, 0.25) is 5.91 Å². The quantitative estimate of drug-likeness (QED) is 0.655. The zero-order valence-corrected chi connectivity index (χ0v) is 8.47. The third-order valence-corrected chi connectivity index (χ3v) is 2.73. The minimum absolute atomic E-state index is 0.170. The highest BCUT2D eigenvalue weighted by atomic mass is 16.1. The van der Waals surface area contributed by atoms with E-state index in [9.17, 15) is 4.79 Å². The van der Waals surface area contributed by atoms with Crippen LogP contribution < -0.4 is 5.73 Å². The number of primary amides is 1. The van der Waals surface area contributed by atoms with Crippen molar-refractivity contribution < 1.29 is 4.79 Å². The molecule has 0 aliphatic carbocycles. The number of carbonyl (C=O) groups excluding carboxylic acids is 1. The van der Waals surface area contributed by atoms with Gasteiger partial charge in [-0.2, -0.15) is 0 Å². The molecule has 0 rings (SSSR count). The van der Waals surface area contributed by atoms with Crippen LogP contribution in [0, 0.1) is 11.8 Å². The summed E-state index contributed by atoms with van der Waals surface area (Å²) in [5, 5.41) is 0. The highest BCUT2D eigenvalue weighted by molar-refractivity contribution is 5.73. The molecule has 0 bridgehead atoms. The Labute approximate surface area is 75.5 Å². The summed E-state index contributed by atoms with van der Waals surface area (Å²) in [5.74, 6) is 1.22. The summed E-state index contributed by atoms with van der Waals surface area (Å²) in [6, 6.07) is 0. The van der Waals surface area contributed by atoms with E-state index < -0.39 is 0 Å². The Morgan fingerprint density at radius 1 is 1.33 bits per heavy atom. The van der Waals surface area contributed by atoms with E-state index in [-0.39, 0.29) is 5.91 Å². The van der Waals surface area contributed by atoms with Crippen molar-refractivity contribution in [2.45, 2.75) is 46.5 Å². The molecule has 0 radical (unpaired) electrons. The molecular formula is C10H21NO. The topological polar surface area (TPSA) is 43.1 Å². The van der Waals surface area contributed by atoms with Crippen molar-refractivity contribution in [3.63, 3.8) is 0 Å². The van der Waals surface area contributed by atoms with Crippen molar-refractivity contribution in [1.82, 2.24) is 0 Å². The van der Waals surface area contributed by atoms with E-state index in [1.165, 1.54) is 6.42 Å². The largest absolute Gasteiger partial charge is 0.370 e. The van der Waals surface area contributed by atoms with E-state index in [1.54, 1.807) is 0 Å². The molecule has 2 unspecified atom stereocenters. The van der Waals surface area contributed by atoms with Crippen molar-refractivity contribution in [2.75, 3.05) is 0 Å². The lowest BCUT2D eigenvalue weighted by atomic mass is 9.86. The number of rotatable bonds is 6. The Morgan fingerprint density at radius 2 is 1.92 bits per heavy atom. The van der Waals surface area contributed by atoms with E-state index >= 15 is 0 Å². The summed E-state index contributed by atoms with van der Waals surface area (Å²) in [7, 11) is 0. The summed E-state index contributed by atoms with van der Waals surface area (Å²) in [6.45, 7) is 6.62. The highest BCUT2D eigenvalue weighted by Gasteiger charge is 2.13. The molecule has 0 aliphatic rings. The first-order valence-corrected chi connectivity index (χ1v) is 4.90. The first kappa shape index (κ1) is 11.5. The van der Waals surface area contributed by atoms with Crippen LogP contribution in [-0.4, -0.2) is 5.91 Å². The Kier molecular flexibility index (Phi) is 5.77. The lowest BCUT2D eigenvalue weighted by molar-refractivity contribution is -0.118. The molecule has 0 saturated heterocycles. The monoisotopic (exact) mass is 171 g/mol. The van der Waals surface area contributed by atoms with Gasteiger partial charge in [0.1, 0.15) is 0 Å². The Bertz CT molecular complexity index is 134. The predicted octanol–water partition coefficient (Wildman–Crippen LogP) is 2.32. The predicted molar refractivity (Wildman–Crippen MR) is 51.7 cm³/mol. The Balaban J connectivity index is 3.74. The molecule has 0 aromatic rings. The summed E-state index contributed by atoms with van der Waals surface area (Å²) in [6.07, 6.45) is 3.85. The second-order valence-electron chi connectivity index (χ2n) is 3.56. The third kappa shape index (κ3) is 4.37. The van der Waals surface area contributed by atoms with Crippen LogP contribution >= 0.6 is 0 Å². The number of hydrogen-bond donors (Lipinski definition) is 1. The molecule has 0 heterocycles. The van der Waals surface area contributed by atoms with Crippen LogP contribution in [0.3, 0.4) is 0 Å². The molecule has 2 N–H and O–H groups in total. The van der Waals surface area contributed by atoms with Crippen LogP contribution in [0.5, 0.6) is 0 Å². The lowest BCUT2D eigenvalue weighted by Gasteiger charge is -2.20. The van der Waals surface area contributed by atoms with Crippen LogP contribution in [0.4, 0.5) is 0 Å². The van der Waals surface area contributed by atoms with Gasteiger partial charge in [0.15, 0.2) is 0 Å². The first-order chi connectivity index (χ1) is 5.61. The molecule has 0 aromatic heterocycles. The zero-order chi connectivity index (χ0) is 9.56. The minimum atomic E-state index is -0.170. The maximum atomic E-state index is 10.6. The molecule has 0 fully saturated rings. The van der Waals surface area contributed by atoms with Gasteiger partial charge >= 0.3 is 0 Å². The van der Waals surface area contributed by atoms with Crippen molar-refractivity contribution in [2.24, 2.45) is 17.6 Å². The van der Waals surface area contributed by atoms with Gasteiger partial charge in [-0.15, -0.1) is 0 Å². The Hall–Kier alpha value is -0.530. The van der Waals surface area contributed by atoms with Crippen molar-refractivity contribution >= 4 is 5.91 Å². The van der Waals surface area contributed by atoms with E-state index in [4.69, 9.17) is 5.73 Å². The first-order valence-electron chi connectivity index (χ1n) is 4.90. The van der Waals surface area contributed by atoms with Crippen LogP contribution in [0.1, 0.15) is 46.5 Å². The fourth-order valence-electron chi connectivity index (χ4n) is 1.55. The van der Waals surface area contributed by atoms with Crippen LogP contribution in [0.2, 0.25) is 0 Å². The summed E-state index contributed by atoms with van der Waals surface area (Å²) < 4.78 is 0. The SMILES string of the molecule is CCC(C)C(CC)CCC(N)=O. The van der Waals surface area contributed by atoms with Gasteiger partial charge in [-0.05, 0) is 18.3 Å². The van der Waals surface area contributed by atoms with E-state index in [1.807, 2.05) is 0 Å². The number of carbonyl (C=O) groups is 1. The molecule has 72 valence electrons. The molecular weight excluding hydrogens is 150 g/mol. The molecule has 0 aromatic carbocycles. The number of hydrogen-bond acceptors (Lipinski definition) is 1. The van der Waals surface area contributed by atoms with Gasteiger partial charge in [0, 0.05) is 6.42 Å². The maximum Gasteiger partial charge on any atom is 0.217 e. The van der Waals surface area contributed by atoms with E-state index in [0.717, 1.165) is 12.8 Å². The number of amides is 1. The van der Waals surface area contributed by atoms with Gasteiger partial charge in [-0.1, -0.05) is 33.6 Å². The fraction of sp³-hybridized carbons (Fsp3) is 0.900. The average molecular weight is 171 g/mol. The Morgan fingerprint density at radius 3 is 2.25 bits per heavy atom. The molecule has 1 amide bonds. The highest BCUT2D eigenvalue weighted by Crippen LogP contribution is 2.23. The zero-order valence-electron chi connectivity index (χ0n) is 8.47. The van der Waals surface area contributed by atoms with Crippen LogP contribution in [0.25, 0.3) is 0 Å². The standard InChI is InChI=1S/C10H21NO/c1-4-8(3)9(5-2)6-7-10(11)12/h8-9H,4-7H2,1-3H3,(H2,11,12). The van der Waals surface area contributed by atoms with Crippen molar-refractivity contribution in [3.8, 4) is 0 Å². The second-order valence-corrected chi connectivity index (χ2v) is 3.56. The van der Waals surface area contributed by atoms with Gasteiger partial charge < -0.3 is 5.73 Å². The van der Waals surface area contributed by atoms with Gasteiger partial charge in [0.05, 0.1) is 0 Å². The summed E-state index contributed by atoms with van der Waals surface area (Å²) >= 11 is 0. The third-order valence-electron chi connectivity index (χ3n) is 2.73. The molecule has 2 heteroatoms. The molecule has 0 aliphatic heterocycles. The minimum Gasteiger partial charge on any atom is -0.370 e.